The summed E-state index contributed by atoms with van der Waals surface area (Å²) in [5, 5.41) is 5.05. The molecule has 0 saturated heterocycles. The number of rotatable bonds is 7. The Bertz CT molecular complexity index is 540. The van der Waals surface area contributed by atoms with Gasteiger partial charge in [-0.25, -0.2) is 13.1 Å². The molecule has 21 heavy (non-hydrogen) atoms. The second-order valence-electron chi connectivity index (χ2n) is 5.86. The molecule has 0 aromatic carbocycles. The minimum absolute atomic E-state index is 0.442. The van der Waals surface area contributed by atoms with Gasteiger partial charge >= 0.3 is 0 Å². The lowest BCUT2D eigenvalue weighted by atomic mass is 9.81. The molecule has 6 heteroatoms. The molecule has 2 N–H and O–H groups in total. The average Bonchev–Trinajstić information content (AvgIpc) is 2.93. The van der Waals surface area contributed by atoms with E-state index in [9.17, 15) is 8.42 Å². The van der Waals surface area contributed by atoms with Gasteiger partial charge in [-0.3, -0.25) is 0 Å². The first kappa shape index (κ1) is 16.9. The average molecular weight is 331 g/mol. The van der Waals surface area contributed by atoms with Crippen LogP contribution in [0.2, 0.25) is 0 Å². The Kier molecular flexibility index (Phi) is 6.22. The number of hydrogen-bond acceptors (Lipinski definition) is 4. The van der Waals surface area contributed by atoms with Gasteiger partial charge in [-0.05, 0) is 36.2 Å². The van der Waals surface area contributed by atoms with Gasteiger partial charge in [0.25, 0.3) is 0 Å². The van der Waals surface area contributed by atoms with E-state index in [1.54, 1.807) is 6.07 Å². The zero-order valence-corrected chi connectivity index (χ0v) is 14.5. The maximum absolute atomic E-state index is 12.5. The van der Waals surface area contributed by atoms with Gasteiger partial charge in [0.1, 0.15) is 0 Å². The Morgan fingerprint density at radius 1 is 1.33 bits per heavy atom. The normalized spacial score (nSPS) is 23.3. The highest BCUT2D eigenvalue weighted by atomic mass is 32.2. The second kappa shape index (κ2) is 7.72. The highest BCUT2D eigenvalue weighted by molar-refractivity contribution is 7.89. The van der Waals surface area contributed by atoms with E-state index in [1.165, 1.54) is 30.6 Å². The molecule has 0 amide bonds. The van der Waals surface area contributed by atoms with Crippen LogP contribution < -0.4 is 10.0 Å². The van der Waals surface area contributed by atoms with Crippen LogP contribution in [0.25, 0.3) is 0 Å². The van der Waals surface area contributed by atoms with Gasteiger partial charge in [-0.1, -0.05) is 33.1 Å². The van der Waals surface area contributed by atoms with Gasteiger partial charge < -0.3 is 5.32 Å². The fourth-order valence-corrected chi connectivity index (χ4v) is 5.43. The molecule has 1 aliphatic rings. The first-order valence-electron chi connectivity index (χ1n) is 7.81. The van der Waals surface area contributed by atoms with Crippen LogP contribution in [0, 0.1) is 11.8 Å². The molecule has 0 spiro atoms. The van der Waals surface area contributed by atoms with Crippen LogP contribution in [0.3, 0.4) is 0 Å². The predicted molar refractivity (Wildman–Crippen MR) is 88.0 cm³/mol. The third kappa shape index (κ3) is 4.52. The van der Waals surface area contributed by atoms with E-state index >= 15 is 0 Å². The van der Waals surface area contributed by atoms with Gasteiger partial charge in [-0.15, -0.1) is 11.3 Å². The molecule has 0 radical (unpaired) electrons. The maximum Gasteiger partial charge on any atom is 0.241 e. The van der Waals surface area contributed by atoms with Crippen molar-refractivity contribution in [1.82, 2.24) is 10.0 Å². The lowest BCUT2D eigenvalue weighted by Gasteiger charge is -2.28. The number of thiophene rings is 1. The molecule has 120 valence electrons. The molecule has 1 aromatic rings. The summed E-state index contributed by atoms with van der Waals surface area (Å²) in [6, 6.07) is 1.71. The summed E-state index contributed by atoms with van der Waals surface area (Å²) in [5.74, 6) is 1.09. The Morgan fingerprint density at radius 3 is 2.81 bits per heavy atom. The summed E-state index contributed by atoms with van der Waals surface area (Å²) >= 11 is 1.50. The summed E-state index contributed by atoms with van der Waals surface area (Å²) in [5.41, 5.74) is 0. The minimum atomic E-state index is -3.38. The van der Waals surface area contributed by atoms with E-state index in [4.69, 9.17) is 0 Å². The molecule has 2 rings (SSSR count). The van der Waals surface area contributed by atoms with Crippen LogP contribution in [-0.2, 0) is 16.6 Å². The maximum atomic E-state index is 12.5. The van der Waals surface area contributed by atoms with E-state index < -0.39 is 10.0 Å². The molecular formula is C15H26N2O2S2. The number of sulfonamides is 1. The first-order valence-corrected chi connectivity index (χ1v) is 10.2. The summed E-state index contributed by atoms with van der Waals surface area (Å²) in [6.07, 6.45) is 4.86. The van der Waals surface area contributed by atoms with Crippen LogP contribution in [0.4, 0.5) is 0 Å². The zero-order chi connectivity index (χ0) is 15.3. The predicted octanol–water partition coefficient (Wildman–Crippen LogP) is 2.96. The van der Waals surface area contributed by atoms with Crippen molar-refractivity contribution >= 4 is 21.4 Å². The molecule has 1 saturated carbocycles. The molecule has 1 aliphatic carbocycles. The Labute approximate surface area is 132 Å². The molecule has 0 bridgehead atoms. The van der Waals surface area contributed by atoms with Crippen molar-refractivity contribution in [2.75, 3.05) is 13.1 Å². The monoisotopic (exact) mass is 330 g/mol. The van der Waals surface area contributed by atoms with Gasteiger partial charge in [0.05, 0.1) is 4.90 Å². The lowest BCUT2D eigenvalue weighted by Crippen LogP contribution is -2.33. The molecule has 2 unspecified atom stereocenters. The SMILES string of the molecule is CCNCc1sccc1S(=O)(=O)NCC1CCCCC1C. The van der Waals surface area contributed by atoms with E-state index in [0.29, 0.717) is 29.8 Å². The highest BCUT2D eigenvalue weighted by Gasteiger charge is 2.25. The summed E-state index contributed by atoms with van der Waals surface area (Å²) in [4.78, 5) is 1.33. The van der Waals surface area contributed by atoms with Crippen molar-refractivity contribution in [2.24, 2.45) is 11.8 Å². The van der Waals surface area contributed by atoms with Crippen LogP contribution in [0.15, 0.2) is 16.3 Å². The quantitative estimate of drug-likeness (QED) is 0.808. The molecule has 4 nitrogen and oxygen atoms in total. The van der Waals surface area contributed by atoms with Crippen LogP contribution >= 0.6 is 11.3 Å². The largest absolute Gasteiger partial charge is 0.312 e. The second-order valence-corrected chi connectivity index (χ2v) is 8.60. The number of hydrogen-bond donors (Lipinski definition) is 2. The van der Waals surface area contributed by atoms with Crippen molar-refractivity contribution in [3.63, 3.8) is 0 Å². The Balaban J connectivity index is 1.99. The molecule has 0 aliphatic heterocycles. The van der Waals surface area contributed by atoms with Gasteiger partial charge in [0.2, 0.25) is 10.0 Å². The highest BCUT2D eigenvalue weighted by Crippen LogP contribution is 2.29. The Morgan fingerprint density at radius 2 is 2.10 bits per heavy atom. The molecule has 1 aromatic heterocycles. The van der Waals surface area contributed by atoms with Gasteiger partial charge in [0.15, 0.2) is 0 Å². The topological polar surface area (TPSA) is 58.2 Å². The standard InChI is InChI=1S/C15H26N2O2S2/c1-3-16-11-14-15(8-9-20-14)21(18,19)17-10-13-7-5-4-6-12(13)2/h8-9,12-13,16-17H,3-7,10-11H2,1-2H3. The van der Waals surface area contributed by atoms with Crippen molar-refractivity contribution < 1.29 is 8.42 Å². The van der Waals surface area contributed by atoms with Gasteiger partial charge in [-0.2, -0.15) is 0 Å². The van der Waals surface area contributed by atoms with E-state index in [1.807, 2.05) is 12.3 Å². The minimum Gasteiger partial charge on any atom is -0.312 e. The van der Waals surface area contributed by atoms with Crippen molar-refractivity contribution in [3.05, 3.63) is 16.3 Å². The van der Waals surface area contributed by atoms with Crippen LogP contribution in [-0.4, -0.2) is 21.5 Å². The molecular weight excluding hydrogens is 304 g/mol. The van der Waals surface area contributed by atoms with E-state index in [-0.39, 0.29) is 0 Å². The van der Waals surface area contributed by atoms with Crippen molar-refractivity contribution in [1.29, 1.82) is 0 Å². The molecule has 2 atom stereocenters. The third-order valence-corrected chi connectivity index (χ3v) is 6.91. The molecule has 1 heterocycles. The zero-order valence-electron chi connectivity index (χ0n) is 12.9. The van der Waals surface area contributed by atoms with Crippen LogP contribution in [0.5, 0.6) is 0 Å². The third-order valence-electron chi connectivity index (χ3n) is 4.35. The fraction of sp³-hybridized carbons (Fsp3) is 0.733. The summed E-state index contributed by atoms with van der Waals surface area (Å²) < 4.78 is 27.8. The van der Waals surface area contributed by atoms with Crippen LogP contribution in [0.1, 0.15) is 44.4 Å². The number of nitrogens with one attached hydrogen (secondary N) is 2. The summed E-state index contributed by atoms with van der Waals surface area (Å²) in [7, 11) is -3.38. The van der Waals surface area contributed by atoms with Gasteiger partial charge in [0, 0.05) is 18.0 Å². The smallest absolute Gasteiger partial charge is 0.241 e. The molecule has 1 fully saturated rings. The van der Waals surface area contributed by atoms with Crippen molar-refractivity contribution in [3.8, 4) is 0 Å². The lowest BCUT2D eigenvalue weighted by molar-refractivity contribution is 0.257. The van der Waals surface area contributed by atoms with E-state index in [2.05, 4.69) is 17.0 Å². The van der Waals surface area contributed by atoms with E-state index in [0.717, 1.165) is 17.8 Å². The fourth-order valence-electron chi connectivity index (χ4n) is 2.93. The first-order chi connectivity index (χ1) is 10.0. The summed E-state index contributed by atoms with van der Waals surface area (Å²) in [6.45, 7) is 6.28. The van der Waals surface area contributed by atoms with Crippen molar-refractivity contribution in [2.45, 2.75) is 51.0 Å². The Hall–Kier alpha value is -0.430.